The quantitative estimate of drug-likeness (QED) is 0.624. The van der Waals surface area contributed by atoms with Crippen molar-refractivity contribution in [2.75, 3.05) is 0 Å². The average Bonchev–Trinajstić information content (AvgIpc) is 2.19. The van der Waals surface area contributed by atoms with Crippen LogP contribution in [-0.2, 0) is 0 Å². The van der Waals surface area contributed by atoms with E-state index >= 15 is 0 Å². The summed E-state index contributed by atoms with van der Waals surface area (Å²) in [6, 6.07) is 0. The lowest BCUT2D eigenvalue weighted by atomic mass is 9.53. The molecule has 0 amide bonds. The van der Waals surface area contributed by atoms with Crippen LogP contribution in [0.1, 0.15) is 59.8 Å². The van der Waals surface area contributed by atoms with E-state index in [0.29, 0.717) is 0 Å². The first-order chi connectivity index (χ1) is 6.95. The van der Waals surface area contributed by atoms with Gasteiger partial charge in [-0.3, -0.25) is 0 Å². The molecule has 0 nitrogen and oxygen atoms in total. The molecular formula is C15H26. The van der Waals surface area contributed by atoms with Crippen molar-refractivity contribution in [1.29, 1.82) is 0 Å². The highest BCUT2D eigenvalue weighted by Gasteiger charge is 2.65. The first-order valence-electron chi connectivity index (χ1n) is 6.95. The molecule has 5 unspecified atom stereocenters. The van der Waals surface area contributed by atoms with Gasteiger partial charge >= 0.3 is 0 Å². The maximum Gasteiger partial charge on any atom is -0.0261 e. The molecule has 0 heterocycles. The van der Waals surface area contributed by atoms with Crippen molar-refractivity contribution in [2.24, 2.45) is 34.5 Å². The topological polar surface area (TPSA) is 0 Å². The highest BCUT2D eigenvalue weighted by atomic mass is 14.7. The molecule has 0 radical (unpaired) electrons. The molecule has 3 fully saturated rings. The van der Waals surface area contributed by atoms with E-state index in [4.69, 9.17) is 0 Å². The van der Waals surface area contributed by atoms with Gasteiger partial charge in [-0.05, 0) is 66.6 Å². The zero-order valence-electron chi connectivity index (χ0n) is 10.8. The van der Waals surface area contributed by atoms with Gasteiger partial charge in [-0.2, -0.15) is 0 Å². The van der Waals surface area contributed by atoms with Crippen molar-refractivity contribution in [3.8, 4) is 0 Å². The minimum absolute atomic E-state index is 0.751. The molecule has 0 spiro atoms. The Balaban J connectivity index is 1.89. The van der Waals surface area contributed by atoms with Gasteiger partial charge in [-0.15, -0.1) is 0 Å². The molecule has 0 aromatic rings. The zero-order chi connectivity index (χ0) is 10.8. The number of hydrogen-bond acceptors (Lipinski definition) is 0. The molecule has 0 heteroatoms. The zero-order valence-corrected chi connectivity index (χ0v) is 10.8. The van der Waals surface area contributed by atoms with Gasteiger partial charge in [0.1, 0.15) is 0 Å². The second-order valence-electron chi connectivity index (χ2n) is 7.70. The van der Waals surface area contributed by atoms with Crippen LogP contribution in [-0.4, -0.2) is 0 Å². The Morgan fingerprint density at radius 3 is 2.67 bits per heavy atom. The predicted molar refractivity (Wildman–Crippen MR) is 64.6 cm³/mol. The van der Waals surface area contributed by atoms with Crippen LogP contribution in [0.2, 0.25) is 0 Å². The first kappa shape index (κ1) is 10.2. The van der Waals surface area contributed by atoms with E-state index in [1.165, 1.54) is 6.42 Å². The Hall–Kier alpha value is 0. The molecule has 3 aliphatic rings. The molecule has 0 N–H and O–H groups in total. The summed E-state index contributed by atoms with van der Waals surface area (Å²) in [4.78, 5) is 0. The number of fused-ring (bicyclic) bond motifs is 1. The average molecular weight is 206 g/mol. The van der Waals surface area contributed by atoms with Crippen LogP contribution in [0, 0.1) is 34.5 Å². The van der Waals surface area contributed by atoms with Gasteiger partial charge in [0.2, 0.25) is 0 Å². The Morgan fingerprint density at radius 1 is 1.27 bits per heavy atom. The van der Waals surface area contributed by atoms with Gasteiger partial charge in [-0.1, -0.05) is 27.7 Å². The standard InChI is InChI=1S/C15H26/c1-10(2)6-15-8-13-12(5-11(15)3)7-14(13,4)9-15/h10-13H,5-9H2,1-4H3. The van der Waals surface area contributed by atoms with E-state index in [9.17, 15) is 0 Å². The fourth-order valence-corrected chi connectivity index (χ4v) is 5.73. The van der Waals surface area contributed by atoms with Crippen LogP contribution in [0.5, 0.6) is 0 Å². The Bertz CT molecular complexity index is 280. The smallest absolute Gasteiger partial charge is 0.0261 e. The summed E-state index contributed by atoms with van der Waals surface area (Å²) in [7, 11) is 0. The molecule has 3 saturated carbocycles. The van der Waals surface area contributed by atoms with Gasteiger partial charge in [0.25, 0.3) is 0 Å². The highest BCUT2D eigenvalue weighted by molar-refractivity contribution is 5.15. The van der Waals surface area contributed by atoms with Gasteiger partial charge in [-0.25, -0.2) is 0 Å². The first-order valence-corrected chi connectivity index (χ1v) is 6.95. The van der Waals surface area contributed by atoms with Crippen molar-refractivity contribution in [1.82, 2.24) is 0 Å². The maximum absolute atomic E-state index is 2.58. The van der Waals surface area contributed by atoms with Crippen LogP contribution in [0.4, 0.5) is 0 Å². The molecule has 3 aliphatic carbocycles. The molecule has 15 heavy (non-hydrogen) atoms. The van der Waals surface area contributed by atoms with Crippen LogP contribution in [0.15, 0.2) is 0 Å². The van der Waals surface area contributed by atoms with Crippen LogP contribution >= 0.6 is 0 Å². The van der Waals surface area contributed by atoms with E-state index in [0.717, 1.165) is 34.5 Å². The highest BCUT2D eigenvalue weighted by Crippen LogP contribution is 2.74. The molecule has 0 aromatic heterocycles. The van der Waals surface area contributed by atoms with Crippen molar-refractivity contribution in [3.63, 3.8) is 0 Å². The molecule has 0 aromatic carbocycles. The SMILES string of the molecule is CC(C)CC12CC3C(CC1C)CC3(C)C2. The normalized spacial score (nSPS) is 57.0. The predicted octanol–water partition coefficient (Wildman–Crippen LogP) is 4.49. The van der Waals surface area contributed by atoms with Gasteiger partial charge in [0.05, 0.1) is 0 Å². The molecule has 5 atom stereocenters. The second kappa shape index (κ2) is 2.81. The lowest BCUT2D eigenvalue weighted by Crippen LogP contribution is -2.43. The second-order valence-corrected chi connectivity index (χ2v) is 7.70. The molecule has 2 bridgehead atoms. The lowest BCUT2D eigenvalue weighted by Gasteiger charge is -2.52. The fourth-order valence-electron chi connectivity index (χ4n) is 5.73. The third-order valence-corrected chi connectivity index (χ3v) is 6.09. The maximum atomic E-state index is 2.58. The fraction of sp³-hybridized carbons (Fsp3) is 1.00. The molecule has 0 aliphatic heterocycles. The van der Waals surface area contributed by atoms with Crippen LogP contribution < -0.4 is 0 Å². The van der Waals surface area contributed by atoms with E-state index < -0.39 is 0 Å². The van der Waals surface area contributed by atoms with Gasteiger partial charge in [0, 0.05) is 0 Å². The van der Waals surface area contributed by atoms with E-state index in [2.05, 4.69) is 27.7 Å². The minimum atomic E-state index is 0.751. The summed E-state index contributed by atoms with van der Waals surface area (Å²) in [5, 5.41) is 0. The molecule has 0 saturated heterocycles. The summed E-state index contributed by atoms with van der Waals surface area (Å²) in [5.74, 6) is 4.14. The Labute approximate surface area is 94.8 Å². The molecule has 86 valence electrons. The van der Waals surface area contributed by atoms with Gasteiger partial charge in [0.15, 0.2) is 0 Å². The van der Waals surface area contributed by atoms with Gasteiger partial charge < -0.3 is 0 Å². The summed E-state index contributed by atoms with van der Waals surface area (Å²) in [6.45, 7) is 9.95. The lowest BCUT2D eigenvalue weighted by molar-refractivity contribution is -0.0223. The van der Waals surface area contributed by atoms with Crippen molar-refractivity contribution >= 4 is 0 Å². The van der Waals surface area contributed by atoms with E-state index in [1.54, 1.807) is 25.7 Å². The summed E-state index contributed by atoms with van der Waals surface area (Å²) >= 11 is 0. The van der Waals surface area contributed by atoms with E-state index in [1.807, 2.05) is 0 Å². The summed E-state index contributed by atoms with van der Waals surface area (Å²) in [6.07, 6.45) is 7.73. The molecule has 3 rings (SSSR count). The Morgan fingerprint density at radius 2 is 2.00 bits per heavy atom. The number of rotatable bonds is 2. The van der Waals surface area contributed by atoms with Crippen molar-refractivity contribution in [3.05, 3.63) is 0 Å². The minimum Gasteiger partial charge on any atom is -0.0628 e. The van der Waals surface area contributed by atoms with Crippen LogP contribution in [0.25, 0.3) is 0 Å². The summed E-state index contributed by atoms with van der Waals surface area (Å²) < 4.78 is 0. The van der Waals surface area contributed by atoms with E-state index in [-0.39, 0.29) is 0 Å². The third-order valence-electron chi connectivity index (χ3n) is 6.09. The largest absolute Gasteiger partial charge is 0.0628 e. The van der Waals surface area contributed by atoms with Crippen molar-refractivity contribution in [2.45, 2.75) is 59.8 Å². The van der Waals surface area contributed by atoms with Crippen LogP contribution in [0.3, 0.4) is 0 Å². The monoisotopic (exact) mass is 206 g/mol. The number of hydrogen-bond donors (Lipinski definition) is 0. The Kier molecular flexibility index (Phi) is 1.91. The molecular weight excluding hydrogens is 180 g/mol. The summed E-state index contributed by atoms with van der Waals surface area (Å²) in [5.41, 5.74) is 1.52. The third kappa shape index (κ3) is 1.20. The van der Waals surface area contributed by atoms with Crippen molar-refractivity contribution < 1.29 is 0 Å².